The van der Waals surface area contributed by atoms with Crippen LogP contribution in [0, 0.1) is 5.92 Å². The summed E-state index contributed by atoms with van der Waals surface area (Å²) in [5.41, 5.74) is 6.77. The van der Waals surface area contributed by atoms with Crippen molar-refractivity contribution in [2.45, 2.75) is 24.8 Å². The summed E-state index contributed by atoms with van der Waals surface area (Å²) in [6.07, 6.45) is 3.37. The first-order chi connectivity index (χ1) is 7.58. The van der Waals surface area contributed by atoms with Crippen molar-refractivity contribution in [3.8, 4) is 0 Å². The molecule has 1 aromatic rings. The summed E-state index contributed by atoms with van der Waals surface area (Å²) in [6, 6.07) is 4.98. The van der Waals surface area contributed by atoms with Crippen LogP contribution in [0.4, 0.5) is 5.69 Å². The van der Waals surface area contributed by atoms with Crippen molar-refractivity contribution in [1.29, 1.82) is 0 Å². The molecular weight excluding hydrogens is 224 g/mol. The van der Waals surface area contributed by atoms with E-state index < -0.39 is 0 Å². The summed E-state index contributed by atoms with van der Waals surface area (Å²) in [4.78, 5) is 12.0. The van der Waals surface area contributed by atoms with Crippen LogP contribution >= 0.6 is 11.6 Å². The predicted octanol–water partition coefficient (Wildman–Crippen LogP) is 2.20. The highest BCUT2D eigenvalue weighted by molar-refractivity contribution is 6.34. The molecule has 4 heteroatoms. The van der Waals surface area contributed by atoms with Crippen LogP contribution in [-0.2, 0) is 0 Å². The van der Waals surface area contributed by atoms with Crippen LogP contribution in [0.25, 0.3) is 0 Å². The van der Waals surface area contributed by atoms with Gasteiger partial charge in [-0.2, -0.15) is 0 Å². The minimum atomic E-state index is -0.101. The van der Waals surface area contributed by atoms with E-state index in [0.717, 1.165) is 25.2 Å². The number of hydrogen-bond donors (Lipinski definition) is 2. The smallest absolute Gasteiger partial charge is 0.253 e. The molecule has 2 bridgehead atoms. The van der Waals surface area contributed by atoms with Crippen LogP contribution in [0.3, 0.4) is 0 Å². The Morgan fingerprint density at radius 3 is 2.69 bits per heavy atom. The summed E-state index contributed by atoms with van der Waals surface area (Å²) in [5, 5.41) is 3.52. The molecule has 16 heavy (non-hydrogen) atoms. The molecule has 3 fully saturated rings. The van der Waals surface area contributed by atoms with Gasteiger partial charge < -0.3 is 11.1 Å². The van der Waals surface area contributed by atoms with Crippen LogP contribution in [0.5, 0.6) is 0 Å². The predicted molar refractivity (Wildman–Crippen MR) is 63.4 cm³/mol. The van der Waals surface area contributed by atoms with Gasteiger partial charge in [-0.15, -0.1) is 0 Å². The minimum Gasteiger partial charge on any atom is -0.399 e. The lowest BCUT2D eigenvalue weighted by Crippen LogP contribution is -2.68. The molecule has 0 heterocycles. The summed E-state index contributed by atoms with van der Waals surface area (Å²) >= 11 is 5.98. The van der Waals surface area contributed by atoms with Gasteiger partial charge in [0.2, 0.25) is 0 Å². The molecule has 3 aliphatic carbocycles. The molecule has 84 valence electrons. The van der Waals surface area contributed by atoms with Crippen molar-refractivity contribution in [2.24, 2.45) is 5.92 Å². The number of carbonyl (C=O) groups excluding carboxylic acids is 1. The van der Waals surface area contributed by atoms with Crippen molar-refractivity contribution in [2.75, 3.05) is 5.73 Å². The number of halogens is 1. The number of carbonyl (C=O) groups is 1. The van der Waals surface area contributed by atoms with Crippen molar-refractivity contribution in [3.63, 3.8) is 0 Å². The molecule has 0 radical (unpaired) electrons. The van der Waals surface area contributed by atoms with E-state index in [1.54, 1.807) is 18.2 Å². The fourth-order valence-electron chi connectivity index (χ4n) is 2.66. The Morgan fingerprint density at radius 2 is 2.12 bits per heavy atom. The first kappa shape index (κ1) is 9.97. The van der Waals surface area contributed by atoms with Gasteiger partial charge in [-0.25, -0.2) is 0 Å². The van der Waals surface area contributed by atoms with Gasteiger partial charge in [0.25, 0.3) is 5.91 Å². The number of nitrogens with one attached hydrogen (secondary N) is 1. The van der Waals surface area contributed by atoms with Gasteiger partial charge in [0.05, 0.1) is 10.6 Å². The van der Waals surface area contributed by atoms with E-state index in [2.05, 4.69) is 5.32 Å². The molecule has 4 rings (SSSR count). The zero-order valence-corrected chi connectivity index (χ0v) is 9.55. The third-order valence-corrected chi connectivity index (χ3v) is 3.98. The topological polar surface area (TPSA) is 55.1 Å². The lowest BCUT2D eigenvalue weighted by atomic mass is 9.50. The van der Waals surface area contributed by atoms with Gasteiger partial charge in [-0.05, 0) is 43.4 Å². The van der Waals surface area contributed by atoms with Crippen molar-refractivity contribution in [3.05, 3.63) is 28.8 Å². The molecule has 3 aliphatic rings. The van der Waals surface area contributed by atoms with E-state index in [4.69, 9.17) is 17.3 Å². The van der Waals surface area contributed by atoms with E-state index in [-0.39, 0.29) is 11.4 Å². The second-order valence-corrected chi connectivity index (χ2v) is 5.36. The normalized spacial score (nSPS) is 30.2. The molecule has 0 unspecified atom stereocenters. The number of rotatable bonds is 2. The van der Waals surface area contributed by atoms with Crippen LogP contribution in [-0.4, -0.2) is 11.4 Å². The highest BCUT2D eigenvalue weighted by atomic mass is 35.5. The summed E-state index contributed by atoms with van der Waals surface area (Å²) in [6.45, 7) is 0. The Hall–Kier alpha value is -1.22. The van der Waals surface area contributed by atoms with Crippen molar-refractivity contribution < 1.29 is 4.79 Å². The Morgan fingerprint density at radius 1 is 1.44 bits per heavy atom. The Labute approximate surface area is 99.0 Å². The number of amides is 1. The second kappa shape index (κ2) is 3.14. The zero-order valence-electron chi connectivity index (χ0n) is 8.79. The number of nitrogen functional groups attached to an aromatic ring is 1. The van der Waals surface area contributed by atoms with Gasteiger partial charge in [0, 0.05) is 11.2 Å². The van der Waals surface area contributed by atoms with Crippen LogP contribution in [0.2, 0.25) is 5.02 Å². The average Bonchev–Trinajstić information content (AvgIpc) is 2.13. The number of benzene rings is 1. The number of anilines is 1. The molecule has 0 aliphatic heterocycles. The van der Waals surface area contributed by atoms with Crippen molar-refractivity contribution in [1.82, 2.24) is 5.32 Å². The second-order valence-electron chi connectivity index (χ2n) is 4.95. The maximum Gasteiger partial charge on any atom is 0.253 e. The fraction of sp³-hybridized carbons (Fsp3) is 0.417. The third-order valence-electron chi connectivity index (χ3n) is 3.65. The van der Waals surface area contributed by atoms with Crippen LogP contribution < -0.4 is 11.1 Å². The maximum atomic E-state index is 12.0. The van der Waals surface area contributed by atoms with E-state index in [0.29, 0.717) is 16.3 Å². The van der Waals surface area contributed by atoms with Gasteiger partial charge >= 0.3 is 0 Å². The Balaban J connectivity index is 1.80. The van der Waals surface area contributed by atoms with Gasteiger partial charge in [-0.1, -0.05) is 11.6 Å². The largest absolute Gasteiger partial charge is 0.399 e. The molecule has 0 spiro atoms. The molecule has 0 aromatic heterocycles. The van der Waals surface area contributed by atoms with Crippen LogP contribution in [0.1, 0.15) is 29.6 Å². The first-order valence-electron chi connectivity index (χ1n) is 5.46. The molecule has 3 saturated carbocycles. The lowest BCUT2D eigenvalue weighted by Gasteiger charge is -2.61. The number of hydrogen-bond acceptors (Lipinski definition) is 2. The SMILES string of the molecule is Nc1ccc(Cl)c(C(=O)NC23CC(C2)C3)c1. The minimum absolute atomic E-state index is 0.0790. The summed E-state index contributed by atoms with van der Waals surface area (Å²) in [5.74, 6) is 0.743. The molecule has 3 nitrogen and oxygen atoms in total. The summed E-state index contributed by atoms with van der Waals surface area (Å²) < 4.78 is 0. The van der Waals surface area contributed by atoms with Gasteiger partial charge in [0.1, 0.15) is 0 Å². The third kappa shape index (κ3) is 1.39. The highest BCUT2D eigenvalue weighted by Crippen LogP contribution is 2.57. The number of nitrogens with two attached hydrogens (primary N) is 1. The molecule has 0 saturated heterocycles. The van der Waals surface area contributed by atoms with Crippen molar-refractivity contribution >= 4 is 23.2 Å². The van der Waals surface area contributed by atoms with Crippen LogP contribution in [0.15, 0.2) is 18.2 Å². The zero-order chi connectivity index (χ0) is 11.3. The molecule has 1 amide bonds. The van der Waals surface area contributed by atoms with E-state index in [1.165, 1.54) is 0 Å². The quantitative estimate of drug-likeness (QED) is 0.774. The van der Waals surface area contributed by atoms with E-state index in [9.17, 15) is 4.79 Å². The standard InChI is InChI=1S/C12H13ClN2O/c13-10-2-1-8(14)3-9(10)11(16)15-12-4-7(5-12)6-12/h1-3,7H,4-6,14H2,(H,15,16). The molecule has 0 atom stereocenters. The summed E-state index contributed by atoms with van der Waals surface area (Å²) in [7, 11) is 0. The van der Waals surface area contributed by atoms with Gasteiger partial charge in [-0.3, -0.25) is 4.79 Å². The molecule has 1 aromatic carbocycles. The Kier molecular flexibility index (Phi) is 1.96. The van der Waals surface area contributed by atoms with E-state index >= 15 is 0 Å². The maximum absolute atomic E-state index is 12.0. The first-order valence-corrected chi connectivity index (χ1v) is 5.83. The molecule has 3 N–H and O–H groups in total. The molecular formula is C12H13ClN2O. The van der Waals surface area contributed by atoms with Gasteiger partial charge in [0.15, 0.2) is 0 Å². The van der Waals surface area contributed by atoms with E-state index in [1.807, 2.05) is 0 Å². The Bertz CT molecular complexity index is 455. The fourth-order valence-corrected chi connectivity index (χ4v) is 2.86. The highest BCUT2D eigenvalue weighted by Gasteiger charge is 2.57. The monoisotopic (exact) mass is 236 g/mol. The average molecular weight is 237 g/mol. The lowest BCUT2D eigenvalue weighted by molar-refractivity contribution is -0.0438.